The number of carbonyl (C=O) groups is 3. The van der Waals surface area contributed by atoms with Gasteiger partial charge in [0.2, 0.25) is 5.78 Å². The Morgan fingerprint density at radius 1 is 1.18 bits per heavy atom. The number of likely N-dealkylation sites (N-methyl/N-ethyl adjacent to an activating group) is 1. The van der Waals surface area contributed by atoms with Crippen molar-refractivity contribution in [2.24, 2.45) is 17.6 Å². The number of ketones is 2. The summed E-state index contributed by atoms with van der Waals surface area (Å²) in [5, 5.41) is 45.3. The molecule has 0 bridgehead atoms. The van der Waals surface area contributed by atoms with E-state index in [9.17, 15) is 34.8 Å². The average Bonchev–Trinajstić information content (AvgIpc) is 3.26. The van der Waals surface area contributed by atoms with Gasteiger partial charge in [0, 0.05) is 35.7 Å². The van der Waals surface area contributed by atoms with E-state index >= 15 is 0 Å². The van der Waals surface area contributed by atoms with Gasteiger partial charge in [0.05, 0.1) is 11.6 Å². The number of phenolic OH excluding ortho intramolecular Hbond substituents is 1. The molecule has 6 N–H and O–H groups in total. The van der Waals surface area contributed by atoms with Crippen molar-refractivity contribution >= 4 is 23.2 Å². The third kappa shape index (κ3) is 3.33. The summed E-state index contributed by atoms with van der Waals surface area (Å²) in [6.45, 7) is 7.50. The number of phenols is 1. The molecule has 0 aromatic heterocycles. The Bertz CT molecular complexity index is 1360. The zero-order chi connectivity index (χ0) is 28.1. The molecule has 1 amide bonds. The second kappa shape index (κ2) is 8.39. The van der Waals surface area contributed by atoms with Gasteiger partial charge in [-0.25, -0.2) is 0 Å². The number of rotatable bonds is 4. The smallest absolute Gasteiger partial charge is 0.255 e. The number of Topliss-reactive ketones (excluding diaryl/α,β-unsaturated/α-hetero) is 2. The monoisotopic (exact) mass is 525 g/mol. The second-order valence-corrected chi connectivity index (χ2v) is 11.9. The quantitative estimate of drug-likeness (QED) is 0.366. The van der Waals surface area contributed by atoms with Crippen LogP contribution in [-0.2, 0) is 33.9 Å². The van der Waals surface area contributed by atoms with Gasteiger partial charge in [0.1, 0.15) is 22.8 Å². The first kappa shape index (κ1) is 26.4. The number of hydrogen-bond acceptors (Lipinski definition) is 9. The molecule has 3 aliphatic carbocycles. The number of carbonyl (C=O) groups excluding carboxylic acids is 3. The Balaban J connectivity index is 1.66. The Kier molecular flexibility index (Phi) is 5.83. The molecule has 4 aliphatic rings. The number of aromatic hydroxyl groups is 1. The predicted octanol–water partition coefficient (Wildman–Crippen LogP) is 1.47. The Hall–Kier alpha value is -3.21. The van der Waals surface area contributed by atoms with Crippen LogP contribution in [0.2, 0.25) is 0 Å². The number of benzene rings is 1. The highest BCUT2D eigenvalue weighted by Gasteiger charge is 2.64. The lowest BCUT2D eigenvalue weighted by Crippen LogP contribution is -2.65. The first-order chi connectivity index (χ1) is 17.7. The van der Waals surface area contributed by atoms with Crippen molar-refractivity contribution in [2.45, 2.75) is 70.3 Å². The number of aliphatic hydroxyl groups is 3. The van der Waals surface area contributed by atoms with E-state index in [0.29, 0.717) is 30.6 Å². The lowest BCUT2D eigenvalue weighted by atomic mass is 9.57. The van der Waals surface area contributed by atoms with E-state index in [0.717, 1.165) is 12.0 Å². The van der Waals surface area contributed by atoms with Crippen LogP contribution >= 0.6 is 0 Å². The largest absolute Gasteiger partial charge is 0.508 e. The standard InChI is InChI=1S/C28H35N3O7/c1-6-27(2,3)31-10-14-8-12-7-13-9-16-20(30(4)5)23(34)19(26(29)37)25(36)28(16,38)24(35)18(13)22(33)17(12)21(32)15(14)11-31/h8,13,16,20,32-33,36,38H,6-7,9-11H2,1-5H3,(H2,29,37)/t13-,16-,20-,28-/m0/s1. The lowest BCUT2D eigenvalue weighted by Gasteiger charge is -2.50. The fourth-order valence-corrected chi connectivity index (χ4v) is 6.82. The van der Waals surface area contributed by atoms with Crippen molar-refractivity contribution in [2.75, 3.05) is 14.1 Å². The zero-order valence-electron chi connectivity index (χ0n) is 22.3. The predicted molar refractivity (Wildman–Crippen MR) is 138 cm³/mol. The summed E-state index contributed by atoms with van der Waals surface area (Å²) >= 11 is 0. The number of nitrogens with two attached hydrogens (primary N) is 1. The van der Waals surface area contributed by atoms with Gasteiger partial charge >= 0.3 is 0 Å². The number of primary amides is 1. The first-order valence-electron chi connectivity index (χ1n) is 12.9. The van der Waals surface area contributed by atoms with E-state index in [1.54, 1.807) is 14.1 Å². The summed E-state index contributed by atoms with van der Waals surface area (Å²) in [7, 11) is 3.16. The van der Waals surface area contributed by atoms with Crippen molar-refractivity contribution in [1.29, 1.82) is 0 Å². The zero-order valence-corrected chi connectivity index (χ0v) is 22.3. The van der Waals surface area contributed by atoms with Crippen LogP contribution in [0.15, 0.2) is 23.0 Å². The van der Waals surface area contributed by atoms with Crippen LogP contribution in [0.4, 0.5) is 0 Å². The molecule has 1 aromatic rings. The molecule has 38 heavy (non-hydrogen) atoms. The van der Waals surface area contributed by atoms with E-state index in [2.05, 4.69) is 25.7 Å². The maximum absolute atomic E-state index is 13.9. The van der Waals surface area contributed by atoms with Crippen LogP contribution in [0.5, 0.6) is 5.75 Å². The van der Waals surface area contributed by atoms with Gasteiger partial charge in [-0.15, -0.1) is 0 Å². The topological polar surface area (TPSA) is 165 Å². The van der Waals surface area contributed by atoms with E-state index in [4.69, 9.17) is 5.73 Å². The molecule has 1 heterocycles. The molecule has 204 valence electrons. The van der Waals surface area contributed by atoms with Crippen LogP contribution in [-0.4, -0.2) is 79.0 Å². The molecule has 1 aromatic carbocycles. The van der Waals surface area contributed by atoms with Crippen LogP contribution in [0, 0.1) is 11.8 Å². The van der Waals surface area contributed by atoms with Gasteiger partial charge in [0.15, 0.2) is 11.4 Å². The van der Waals surface area contributed by atoms with Gasteiger partial charge in [-0.2, -0.15) is 0 Å². The molecule has 1 fully saturated rings. The van der Waals surface area contributed by atoms with Crippen molar-refractivity contribution in [3.8, 4) is 5.75 Å². The van der Waals surface area contributed by atoms with Crippen molar-refractivity contribution in [1.82, 2.24) is 9.80 Å². The Morgan fingerprint density at radius 3 is 2.42 bits per heavy atom. The maximum atomic E-state index is 13.9. The summed E-state index contributed by atoms with van der Waals surface area (Å²) in [5.74, 6) is -6.28. The van der Waals surface area contributed by atoms with Crippen molar-refractivity contribution in [3.05, 3.63) is 45.2 Å². The molecule has 0 radical (unpaired) electrons. The molecule has 4 atom stereocenters. The molecular weight excluding hydrogens is 490 g/mol. The van der Waals surface area contributed by atoms with E-state index < -0.39 is 58.0 Å². The number of hydrogen-bond donors (Lipinski definition) is 5. The van der Waals surface area contributed by atoms with E-state index in [-0.39, 0.29) is 28.8 Å². The number of aliphatic hydroxyl groups excluding tert-OH is 2. The molecule has 0 spiro atoms. The van der Waals surface area contributed by atoms with Crippen LogP contribution in [0.3, 0.4) is 0 Å². The highest BCUT2D eigenvalue weighted by atomic mass is 16.3. The van der Waals surface area contributed by atoms with E-state index in [1.165, 1.54) is 4.90 Å². The molecule has 5 rings (SSSR count). The fraction of sp³-hybridized carbons (Fsp3) is 0.536. The third-order valence-corrected chi connectivity index (χ3v) is 9.34. The van der Waals surface area contributed by atoms with Crippen LogP contribution in [0.25, 0.3) is 5.76 Å². The van der Waals surface area contributed by atoms with E-state index in [1.807, 2.05) is 6.07 Å². The number of nitrogens with zero attached hydrogens (tertiary/aromatic N) is 2. The SMILES string of the molecule is CCC(C)(C)N1Cc2cc3c(c(O)c2C1)C(O)=C1C(=O)[C@]2(O)C(O)=C(C(N)=O)C(=O)[C@@H](N(C)C)[C@@H]2C[C@@H]1C3. The van der Waals surface area contributed by atoms with Crippen LogP contribution < -0.4 is 5.73 Å². The van der Waals surface area contributed by atoms with Gasteiger partial charge in [-0.05, 0) is 64.3 Å². The average molecular weight is 526 g/mol. The minimum atomic E-state index is -2.63. The van der Waals surface area contributed by atoms with Crippen LogP contribution in [0.1, 0.15) is 55.9 Å². The normalized spacial score (nSPS) is 29.4. The number of amides is 1. The van der Waals surface area contributed by atoms with Gasteiger partial charge < -0.3 is 26.2 Å². The first-order valence-corrected chi connectivity index (χ1v) is 12.9. The van der Waals surface area contributed by atoms with Gasteiger partial charge in [0.25, 0.3) is 5.91 Å². The lowest BCUT2D eigenvalue weighted by molar-refractivity contribution is -0.153. The summed E-state index contributed by atoms with van der Waals surface area (Å²) in [6, 6.07) is 0.873. The minimum absolute atomic E-state index is 0.0819. The molecule has 0 saturated heterocycles. The molecule has 10 nitrogen and oxygen atoms in total. The number of fused-ring (bicyclic) bond motifs is 4. The fourth-order valence-electron chi connectivity index (χ4n) is 6.82. The Morgan fingerprint density at radius 2 is 1.84 bits per heavy atom. The highest BCUT2D eigenvalue weighted by Crippen LogP contribution is 2.53. The summed E-state index contributed by atoms with van der Waals surface area (Å²) < 4.78 is 0. The Labute approximate surface area is 221 Å². The molecule has 1 saturated carbocycles. The van der Waals surface area contributed by atoms with Gasteiger partial charge in [-0.3, -0.25) is 24.2 Å². The maximum Gasteiger partial charge on any atom is 0.255 e. The third-order valence-electron chi connectivity index (χ3n) is 9.34. The second-order valence-electron chi connectivity index (χ2n) is 11.9. The molecular formula is C28H35N3O7. The molecule has 0 unspecified atom stereocenters. The minimum Gasteiger partial charge on any atom is -0.508 e. The summed E-state index contributed by atoms with van der Waals surface area (Å²) in [4.78, 5) is 42.9. The van der Waals surface area contributed by atoms with Gasteiger partial charge in [-0.1, -0.05) is 13.0 Å². The summed E-state index contributed by atoms with van der Waals surface area (Å²) in [6.07, 6.45) is 1.29. The molecule has 1 aliphatic heterocycles. The molecule has 10 heteroatoms. The summed E-state index contributed by atoms with van der Waals surface area (Å²) in [5.41, 5.74) is 4.17. The van der Waals surface area contributed by atoms with Crippen molar-refractivity contribution in [3.63, 3.8) is 0 Å². The van der Waals surface area contributed by atoms with Crippen molar-refractivity contribution < 1.29 is 34.8 Å². The highest BCUT2D eigenvalue weighted by molar-refractivity contribution is 6.24.